The van der Waals surface area contributed by atoms with Crippen LogP contribution in [0.15, 0.2) is 0 Å². The molecule has 0 aliphatic rings. The maximum atomic E-state index is 8.27. The average molecular weight is 192 g/mol. The van der Waals surface area contributed by atoms with Crippen LogP contribution in [0.2, 0.25) is 9.94 Å². The first-order chi connectivity index (χ1) is 2.00. The van der Waals surface area contributed by atoms with E-state index in [0.717, 1.165) is 0 Å². The summed E-state index contributed by atoms with van der Waals surface area (Å²) < 4.78 is 16.5. The molecule has 2 nitrogen and oxygen atoms in total. The first kappa shape index (κ1) is 5.71. The quantitative estimate of drug-likeness (QED) is 0.515. The van der Waals surface area contributed by atoms with Crippen molar-refractivity contribution in [3.05, 3.63) is 0 Å². The minimum atomic E-state index is -3.02. The summed E-state index contributed by atoms with van der Waals surface area (Å²) in [4.78, 5) is 2.98. The molecule has 0 saturated heterocycles. The molecule has 0 radical (unpaired) electrons. The van der Waals surface area contributed by atoms with E-state index in [1.165, 1.54) is 9.94 Å². The standard InChI is InChI=1S/C2H8O2Te/c1-5(2,3)4/h3-4H,1-2H3. The minimum absolute atomic E-state index is 1.49. The molecule has 0 amide bonds. The Bertz CT molecular complexity index is 23.1. The Balaban J connectivity index is 3.02. The van der Waals surface area contributed by atoms with Crippen molar-refractivity contribution in [2.24, 2.45) is 0 Å². The summed E-state index contributed by atoms with van der Waals surface area (Å²) in [5, 5.41) is 0. The van der Waals surface area contributed by atoms with Crippen LogP contribution in [0.4, 0.5) is 0 Å². The molecular weight excluding hydrogens is 184 g/mol. The van der Waals surface area contributed by atoms with Gasteiger partial charge in [-0.25, -0.2) is 0 Å². The molecule has 0 unspecified atom stereocenters. The van der Waals surface area contributed by atoms with Crippen molar-refractivity contribution in [2.75, 3.05) is 0 Å². The average Bonchev–Trinajstić information content (AvgIpc) is 0.722. The first-order valence-corrected chi connectivity index (χ1v) is 7.93. The van der Waals surface area contributed by atoms with E-state index < -0.39 is 19.0 Å². The zero-order chi connectivity index (χ0) is 4.50. The van der Waals surface area contributed by atoms with Crippen LogP contribution in [0.5, 0.6) is 0 Å². The van der Waals surface area contributed by atoms with Crippen LogP contribution >= 0.6 is 0 Å². The van der Waals surface area contributed by atoms with Crippen molar-refractivity contribution in [3.63, 3.8) is 0 Å². The molecule has 0 aliphatic carbocycles. The Morgan fingerprint density at radius 3 is 1.20 bits per heavy atom. The Kier molecular flexibility index (Phi) is 1.64. The van der Waals surface area contributed by atoms with E-state index >= 15 is 0 Å². The van der Waals surface area contributed by atoms with Crippen molar-refractivity contribution in [1.29, 1.82) is 0 Å². The van der Waals surface area contributed by atoms with Crippen LogP contribution in [0.25, 0.3) is 0 Å². The van der Waals surface area contributed by atoms with Gasteiger partial charge in [-0.2, -0.15) is 0 Å². The maximum absolute atomic E-state index is 8.27. The molecule has 0 aromatic carbocycles. The molecule has 0 heterocycles. The summed E-state index contributed by atoms with van der Waals surface area (Å²) >= 11 is -3.02. The Labute approximate surface area is 36.3 Å². The Morgan fingerprint density at radius 1 is 1.20 bits per heavy atom. The third-order valence-electron chi connectivity index (χ3n) is 0. The van der Waals surface area contributed by atoms with Crippen molar-refractivity contribution in [2.45, 2.75) is 9.94 Å². The van der Waals surface area contributed by atoms with Gasteiger partial charge in [-0.05, 0) is 0 Å². The second-order valence-electron chi connectivity index (χ2n) is 1.22. The topological polar surface area (TPSA) is 40.5 Å². The van der Waals surface area contributed by atoms with Gasteiger partial charge in [0.05, 0.1) is 0 Å². The van der Waals surface area contributed by atoms with E-state index in [-0.39, 0.29) is 0 Å². The molecule has 2 N–H and O–H groups in total. The fraction of sp³-hybridized carbons (Fsp3) is 1.00. The fourth-order valence-electron chi connectivity index (χ4n) is 0. The van der Waals surface area contributed by atoms with Gasteiger partial charge in [-0.3, -0.25) is 0 Å². The summed E-state index contributed by atoms with van der Waals surface area (Å²) in [6, 6.07) is 0. The molecule has 0 atom stereocenters. The van der Waals surface area contributed by atoms with E-state index in [9.17, 15) is 0 Å². The van der Waals surface area contributed by atoms with Crippen LogP contribution in [0, 0.1) is 0 Å². The number of rotatable bonds is 0. The molecule has 0 fully saturated rings. The van der Waals surface area contributed by atoms with Gasteiger partial charge in [-0.15, -0.1) is 0 Å². The molecule has 0 saturated carbocycles. The predicted octanol–water partition coefficient (Wildman–Crippen LogP) is -0.327. The third-order valence-corrected chi connectivity index (χ3v) is 0. The van der Waals surface area contributed by atoms with Crippen molar-refractivity contribution < 1.29 is 6.94 Å². The van der Waals surface area contributed by atoms with Gasteiger partial charge >= 0.3 is 35.9 Å². The van der Waals surface area contributed by atoms with Crippen LogP contribution < -0.4 is 0 Å². The molecular formula is C2H8O2Te. The van der Waals surface area contributed by atoms with Gasteiger partial charge in [0, 0.05) is 0 Å². The van der Waals surface area contributed by atoms with E-state index in [0.29, 0.717) is 0 Å². The predicted molar refractivity (Wildman–Crippen MR) is 21.9 cm³/mol. The van der Waals surface area contributed by atoms with Gasteiger partial charge in [-0.1, -0.05) is 0 Å². The zero-order valence-electron chi connectivity index (χ0n) is 3.30. The van der Waals surface area contributed by atoms with Gasteiger partial charge < -0.3 is 0 Å². The summed E-state index contributed by atoms with van der Waals surface area (Å²) in [5.74, 6) is 0. The molecule has 0 rings (SSSR count). The first-order valence-electron chi connectivity index (χ1n) is 1.18. The van der Waals surface area contributed by atoms with E-state index in [2.05, 4.69) is 0 Å². The van der Waals surface area contributed by atoms with Crippen LogP contribution in [0.1, 0.15) is 0 Å². The van der Waals surface area contributed by atoms with E-state index in [1.807, 2.05) is 0 Å². The van der Waals surface area contributed by atoms with Gasteiger partial charge in [0.15, 0.2) is 0 Å². The van der Waals surface area contributed by atoms with Gasteiger partial charge in [0.2, 0.25) is 0 Å². The molecule has 34 valence electrons. The van der Waals surface area contributed by atoms with Gasteiger partial charge in [0.1, 0.15) is 0 Å². The summed E-state index contributed by atoms with van der Waals surface area (Å²) in [6.45, 7) is 0. The number of hydrogen-bond donors (Lipinski definition) is 2. The summed E-state index contributed by atoms with van der Waals surface area (Å²) in [7, 11) is 0. The van der Waals surface area contributed by atoms with Crippen LogP contribution in [-0.2, 0) is 0 Å². The molecule has 0 bridgehead atoms. The SMILES string of the molecule is C[Te](C)(O)O. The van der Waals surface area contributed by atoms with E-state index in [1.54, 1.807) is 0 Å². The Hall–Kier alpha value is 0.710. The molecule has 0 spiro atoms. The molecule has 0 aromatic rings. The fourth-order valence-corrected chi connectivity index (χ4v) is 0. The normalized spacial score (nSPS) is 15.2. The van der Waals surface area contributed by atoms with Gasteiger partial charge in [0.25, 0.3) is 0 Å². The number of hydrogen-bond acceptors (Lipinski definition) is 2. The second-order valence-corrected chi connectivity index (χ2v) is 8.19. The molecule has 0 aromatic heterocycles. The second kappa shape index (κ2) is 1.44. The summed E-state index contributed by atoms with van der Waals surface area (Å²) in [6.07, 6.45) is 0. The monoisotopic (exact) mass is 194 g/mol. The third kappa shape index (κ3) is 68.7. The molecule has 5 heavy (non-hydrogen) atoms. The summed E-state index contributed by atoms with van der Waals surface area (Å²) in [5.41, 5.74) is 0. The van der Waals surface area contributed by atoms with Crippen molar-refractivity contribution in [3.8, 4) is 0 Å². The van der Waals surface area contributed by atoms with Crippen LogP contribution in [-0.4, -0.2) is 25.9 Å². The molecule has 0 aliphatic heterocycles. The van der Waals surface area contributed by atoms with E-state index in [4.69, 9.17) is 6.94 Å². The van der Waals surface area contributed by atoms with Crippen LogP contribution in [0.3, 0.4) is 0 Å². The van der Waals surface area contributed by atoms with Crippen molar-refractivity contribution >= 4 is 19.0 Å². The van der Waals surface area contributed by atoms with Crippen molar-refractivity contribution in [1.82, 2.24) is 0 Å². The molecule has 3 heteroatoms. The Morgan fingerprint density at radius 2 is 1.20 bits per heavy atom. The zero-order valence-corrected chi connectivity index (χ0v) is 5.63.